The number of imide groups is 1. The molecule has 0 saturated heterocycles. The minimum absolute atomic E-state index is 0.129. The molecular weight excluding hydrogens is 402 g/mol. The third-order valence-corrected chi connectivity index (χ3v) is 5.07. The molecule has 0 aliphatic carbocycles. The van der Waals surface area contributed by atoms with Crippen molar-refractivity contribution >= 4 is 28.8 Å². The molecule has 0 bridgehead atoms. The molecule has 1 aromatic heterocycles. The molecule has 0 saturated carbocycles. The van der Waals surface area contributed by atoms with Gasteiger partial charge in [0.25, 0.3) is 11.8 Å². The average molecular weight is 421 g/mol. The molecule has 3 aromatic rings. The molecule has 8 nitrogen and oxygen atoms in total. The molecule has 158 valence electrons. The number of amides is 2. The molecule has 31 heavy (non-hydrogen) atoms. The summed E-state index contributed by atoms with van der Waals surface area (Å²) in [6, 6.07) is 10.4. The van der Waals surface area contributed by atoms with E-state index in [4.69, 9.17) is 13.9 Å². The summed E-state index contributed by atoms with van der Waals surface area (Å²) in [6.07, 6.45) is 0.522. The first kappa shape index (κ1) is 20.5. The topological polar surface area (TPSA) is 103 Å². The van der Waals surface area contributed by atoms with Gasteiger partial charge in [0.05, 0.1) is 16.7 Å². The van der Waals surface area contributed by atoms with Crippen molar-refractivity contribution in [1.82, 2.24) is 4.90 Å². The normalized spacial score (nSPS) is 13.0. The number of hydrogen-bond acceptors (Lipinski definition) is 7. The van der Waals surface area contributed by atoms with E-state index >= 15 is 0 Å². The highest BCUT2D eigenvalue weighted by molar-refractivity contribution is 6.22. The Morgan fingerprint density at radius 3 is 2.55 bits per heavy atom. The maximum absolute atomic E-state index is 12.6. The zero-order valence-electron chi connectivity index (χ0n) is 17.0. The van der Waals surface area contributed by atoms with Crippen LogP contribution in [0.25, 0.3) is 11.0 Å². The van der Waals surface area contributed by atoms with Crippen molar-refractivity contribution in [3.63, 3.8) is 0 Å². The Morgan fingerprint density at radius 2 is 1.77 bits per heavy atom. The lowest BCUT2D eigenvalue weighted by atomic mass is 10.1. The van der Waals surface area contributed by atoms with Gasteiger partial charge in [-0.15, -0.1) is 0 Å². The predicted molar refractivity (Wildman–Crippen MR) is 110 cm³/mol. The SMILES string of the molecule is COCCCN1C(=O)c2ccc(C(=O)Oc3ccc4c(C)cc(=O)oc4c3)cc2C1=O. The largest absolute Gasteiger partial charge is 0.423 e. The summed E-state index contributed by atoms with van der Waals surface area (Å²) in [7, 11) is 1.55. The molecule has 1 aliphatic rings. The van der Waals surface area contributed by atoms with Gasteiger partial charge in [0, 0.05) is 37.8 Å². The van der Waals surface area contributed by atoms with Crippen molar-refractivity contribution in [2.75, 3.05) is 20.3 Å². The van der Waals surface area contributed by atoms with Crippen LogP contribution in [0.1, 0.15) is 43.1 Å². The van der Waals surface area contributed by atoms with E-state index in [1.54, 1.807) is 26.2 Å². The third-order valence-electron chi connectivity index (χ3n) is 5.07. The highest BCUT2D eigenvalue weighted by Gasteiger charge is 2.35. The number of hydrogen-bond donors (Lipinski definition) is 0. The Labute approximate surface area is 177 Å². The molecule has 4 rings (SSSR count). The van der Waals surface area contributed by atoms with Gasteiger partial charge in [0.2, 0.25) is 0 Å². The number of esters is 1. The first-order valence-electron chi connectivity index (χ1n) is 9.65. The Bertz CT molecular complexity index is 1270. The van der Waals surface area contributed by atoms with Crippen LogP contribution in [-0.4, -0.2) is 42.9 Å². The summed E-state index contributed by atoms with van der Waals surface area (Å²) < 4.78 is 15.5. The van der Waals surface area contributed by atoms with Crippen LogP contribution < -0.4 is 10.4 Å². The standard InChI is InChI=1S/C23H19NO7/c1-13-10-20(25)31-19-12-15(5-7-16(13)19)30-23(28)14-4-6-17-18(11-14)22(27)24(21(17)26)8-3-9-29-2/h4-7,10-12H,3,8-9H2,1-2H3. The number of fused-ring (bicyclic) bond motifs is 2. The van der Waals surface area contributed by atoms with Crippen molar-refractivity contribution in [2.24, 2.45) is 0 Å². The Kier molecular flexibility index (Phi) is 5.39. The van der Waals surface area contributed by atoms with Crippen molar-refractivity contribution in [3.05, 3.63) is 75.1 Å². The number of carbonyl (C=O) groups excluding carboxylic acids is 3. The van der Waals surface area contributed by atoms with Gasteiger partial charge < -0.3 is 13.9 Å². The molecule has 0 radical (unpaired) electrons. The van der Waals surface area contributed by atoms with E-state index in [1.807, 2.05) is 0 Å². The number of nitrogens with zero attached hydrogens (tertiary/aromatic N) is 1. The summed E-state index contributed by atoms with van der Waals surface area (Å²) in [5, 5.41) is 0.731. The second kappa shape index (κ2) is 8.16. The zero-order chi connectivity index (χ0) is 22.1. The highest BCUT2D eigenvalue weighted by atomic mass is 16.5. The Morgan fingerprint density at radius 1 is 1.00 bits per heavy atom. The van der Waals surface area contributed by atoms with E-state index in [0.717, 1.165) is 15.8 Å². The quantitative estimate of drug-likeness (QED) is 0.198. The second-order valence-electron chi connectivity index (χ2n) is 7.16. The first-order chi connectivity index (χ1) is 14.9. The smallest absolute Gasteiger partial charge is 0.343 e. The molecule has 0 fully saturated rings. The van der Waals surface area contributed by atoms with Gasteiger partial charge in [-0.05, 0) is 49.2 Å². The molecular formula is C23H19NO7. The summed E-state index contributed by atoms with van der Waals surface area (Å²) in [4.78, 5) is 50.4. The maximum Gasteiger partial charge on any atom is 0.343 e. The molecule has 1 aliphatic heterocycles. The predicted octanol–water partition coefficient (Wildman–Crippen LogP) is 2.95. The fourth-order valence-corrected chi connectivity index (χ4v) is 3.52. The van der Waals surface area contributed by atoms with Gasteiger partial charge in [-0.25, -0.2) is 9.59 Å². The highest BCUT2D eigenvalue weighted by Crippen LogP contribution is 2.26. The number of methoxy groups -OCH3 is 1. The third kappa shape index (κ3) is 3.85. The van der Waals surface area contributed by atoms with Crippen LogP contribution in [0.3, 0.4) is 0 Å². The first-order valence-corrected chi connectivity index (χ1v) is 9.65. The van der Waals surface area contributed by atoms with Gasteiger partial charge in [0.1, 0.15) is 11.3 Å². The lowest BCUT2D eigenvalue weighted by Gasteiger charge is -2.12. The maximum atomic E-state index is 12.6. The van der Waals surface area contributed by atoms with Gasteiger partial charge in [-0.3, -0.25) is 14.5 Å². The van der Waals surface area contributed by atoms with Crippen molar-refractivity contribution < 1.29 is 28.3 Å². The van der Waals surface area contributed by atoms with E-state index < -0.39 is 23.4 Å². The average Bonchev–Trinajstić information content (AvgIpc) is 2.98. The van der Waals surface area contributed by atoms with Gasteiger partial charge in [-0.1, -0.05) is 0 Å². The minimum atomic E-state index is -0.699. The molecule has 2 amide bonds. The lowest BCUT2D eigenvalue weighted by Crippen LogP contribution is -2.31. The number of aryl methyl sites for hydroxylation is 1. The van der Waals surface area contributed by atoms with Crippen LogP contribution in [0.4, 0.5) is 0 Å². The van der Waals surface area contributed by atoms with Gasteiger partial charge >= 0.3 is 11.6 Å². The molecule has 0 atom stereocenters. The van der Waals surface area contributed by atoms with Crippen LogP contribution >= 0.6 is 0 Å². The molecule has 2 aromatic carbocycles. The fraction of sp³-hybridized carbons (Fsp3) is 0.217. The van der Waals surface area contributed by atoms with Gasteiger partial charge in [-0.2, -0.15) is 0 Å². The van der Waals surface area contributed by atoms with Crippen molar-refractivity contribution in [1.29, 1.82) is 0 Å². The summed E-state index contributed by atoms with van der Waals surface area (Å²) in [6.45, 7) is 2.45. The van der Waals surface area contributed by atoms with Gasteiger partial charge in [0.15, 0.2) is 0 Å². The Hall–Kier alpha value is -3.78. The van der Waals surface area contributed by atoms with E-state index in [2.05, 4.69) is 0 Å². The summed E-state index contributed by atoms with van der Waals surface area (Å²) in [5.74, 6) is -1.35. The van der Waals surface area contributed by atoms with Crippen molar-refractivity contribution in [2.45, 2.75) is 13.3 Å². The van der Waals surface area contributed by atoms with E-state index in [-0.39, 0.29) is 29.0 Å². The molecule has 0 unspecified atom stereocenters. The number of rotatable bonds is 6. The number of ether oxygens (including phenoxy) is 2. The second-order valence-corrected chi connectivity index (χ2v) is 7.16. The monoisotopic (exact) mass is 421 g/mol. The number of carbonyl (C=O) groups is 3. The zero-order valence-corrected chi connectivity index (χ0v) is 17.0. The lowest BCUT2D eigenvalue weighted by molar-refractivity contribution is 0.0638. The van der Waals surface area contributed by atoms with Crippen LogP contribution in [0.5, 0.6) is 5.75 Å². The number of benzene rings is 2. The fourth-order valence-electron chi connectivity index (χ4n) is 3.52. The van der Waals surface area contributed by atoms with Crippen LogP contribution in [0, 0.1) is 6.92 Å². The van der Waals surface area contributed by atoms with Crippen LogP contribution in [-0.2, 0) is 4.74 Å². The van der Waals surface area contributed by atoms with E-state index in [9.17, 15) is 19.2 Å². The van der Waals surface area contributed by atoms with Crippen molar-refractivity contribution in [3.8, 4) is 5.75 Å². The summed E-state index contributed by atoms with van der Waals surface area (Å²) in [5.41, 5.74) is 1.10. The van der Waals surface area contributed by atoms with Crippen LogP contribution in [0.2, 0.25) is 0 Å². The minimum Gasteiger partial charge on any atom is -0.423 e. The Balaban J connectivity index is 1.56. The molecule has 2 heterocycles. The molecule has 8 heteroatoms. The van der Waals surface area contributed by atoms with E-state index in [0.29, 0.717) is 18.6 Å². The summed E-state index contributed by atoms with van der Waals surface area (Å²) >= 11 is 0. The van der Waals surface area contributed by atoms with E-state index in [1.165, 1.54) is 30.3 Å². The van der Waals surface area contributed by atoms with Crippen LogP contribution in [0.15, 0.2) is 51.7 Å². The molecule has 0 N–H and O–H groups in total. The molecule has 0 spiro atoms.